The number of guanidine groups is 1. The number of nitrogens with zero attached hydrogens (tertiary/aromatic N) is 3. The third-order valence-corrected chi connectivity index (χ3v) is 6.96. The molecule has 3 rings (SSSR count). The molecule has 134 valence electrons. The van der Waals surface area contributed by atoms with Crippen LogP contribution in [-0.2, 0) is 6.54 Å². The zero-order valence-electron chi connectivity index (χ0n) is 14.8. The highest BCUT2D eigenvalue weighted by Crippen LogP contribution is 2.36. The maximum atomic E-state index is 4.41. The molecule has 0 aromatic carbocycles. The van der Waals surface area contributed by atoms with E-state index < -0.39 is 0 Å². The van der Waals surface area contributed by atoms with Crippen LogP contribution in [0.4, 0.5) is 0 Å². The predicted molar refractivity (Wildman–Crippen MR) is 105 cm³/mol. The average molecular weight is 368 g/mol. The Morgan fingerprint density at radius 1 is 1.29 bits per heavy atom. The third kappa shape index (κ3) is 4.43. The number of hydrogen-bond acceptors (Lipinski definition) is 5. The molecule has 2 heterocycles. The predicted octanol–water partition coefficient (Wildman–Crippen LogP) is 2.48. The van der Waals surface area contributed by atoms with E-state index in [2.05, 4.69) is 44.2 Å². The molecule has 0 atom stereocenters. The molecule has 1 saturated carbocycles. The molecule has 1 aliphatic heterocycles. The second-order valence-corrected chi connectivity index (χ2v) is 9.22. The number of rotatable bonds is 5. The van der Waals surface area contributed by atoms with Crippen molar-refractivity contribution in [2.24, 2.45) is 4.99 Å². The Labute approximate surface area is 153 Å². The summed E-state index contributed by atoms with van der Waals surface area (Å²) in [7, 11) is 1.85. The summed E-state index contributed by atoms with van der Waals surface area (Å²) in [6.45, 7) is 6.29. The van der Waals surface area contributed by atoms with E-state index in [0.29, 0.717) is 5.54 Å². The van der Waals surface area contributed by atoms with Crippen LogP contribution in [0.25, 0.3) is 0 Å². The van der Waals surface area contributed by atoms with E-state index in [9.17, 15) is 0 Å². The Hall–Kier alpha value is -0.790. The van der Waals surface area contributed by atoms with Crippen LogP contribution >= 0.6 is 23.1 Å². The van der Waals surface area contributed by atoms with Gasteiger partial charge in [0.1, 0.15) is 5.01 Å². The quantitative estimate of drug-likeness (QED) is 0.618. The molecular weight excluding hydrogens is 338 g/mol. The highest BCUT2D eigenvalue weighted by Gasteiger charge is 2.39. The van der Waals surface area contributed by atoms with Crippen molar-refractivity contribution in [2.45, 2.75) is 44.7 Å². The minimum Gasteiger partial charge on any atom is -0.355 e. The van der Waals surface area contributed by atoms with Crippen molar-refractivity contribution in [3.05, 3.63) is 16.1 Å². The summed E-state index contributed by atoms with van der Waals surface area (Å²) in [4.78, 5) is 12.8. The van der Waals surface area contributed by atoms with Crippen LogP contribution in [0.3, 0.4) is 0 Å². The molecule has 2 aliphatic rings. The van der Waals surface area contributed by atoms with Crippen LogP contribution in [-0.4, -0.2) is 59.6 Å². The van der Waals surface area contributed by atoms with E-state index in [-0.39, 0.29) is 0 Å². The number of thioether (sulfide) groups is 1. The van der Waals surface area contributed by atoms with Gasteiger partial charge in [0.25, 0.3) is 0 Å². The van der Waals surface area contributed by atoms with Gasteiger partial charge in [-0.1, -0.05) is 12.8 Å². The van der Waals surface area contributed by atoms with Gasteiger partial charge >= 0.3 is 0 Å². The minimum atomic E-state index is 0.330. The first-order valence-corrected chi connectivity index (χ1v) is 10.9. The normalized spacial score (nSPS) is 21.8. The van der Waals surface area contributed by atoms with E-state index >= 15 is 0 Å². The molecule has 1 saturated heterocycles. The summed E-state index contributed by atoms with van der Waals surface area (Å²) < 4.78 is 0. The Morgan fingerprint density at radius 3 is 2.67 bits per heavy atom. The molecule has 7 heteroatoms. The van der Waals surface area contributed by atoms with Crippen LogP contribution in [0.2, 0.25) is 0 Å². The second kappa shape index (κ2) is 8.54. The summed E-state index contributed by atoms with van der Waals surface area (Å²) >= 11 is 3.83. The number of thiazole rings is 1. The Kier molecular flexibility index (Phi) is 6.41. The minimum absolute atomic E-state index is 0.330. The van der Waals surface area contributed by atoms with Crippen LogP contribution < -0.4 is 10.6 Å². The average Bonchev–Trinajstić information content (AvgIpc) is 3.26. The van der Waals surface area contributed by atoms with Gasteiger partial charge in [-0.05, 0) is 19.8 Å². The molecule has 1 aromatic rings. The lowest BCUT2D eigenvalue weighted by atomic mass is 9.94. The zero-order chi connectivity index (χ0) is 16.8. The number of aliphatic imine (C=N–C) groups is 1. The van der Waals surface area contributed by atoms with Crippen LogP contribution in [0.1, 0.15) is 35.6 Å². The monoisotopic (exact) mass is 367 g/mol. The van der Waals surface area contributed by atoms with Gasteiger partial charge in [-0.3, -0.25) is 9.89 Å². The van der Waals surface area contributed by atoms with Crippen molar-refractivity contribution >= 4 is 29.1 Å². The molecule has 0 amide bonds. The van der Waals surface area contributed by atoms with Crippen molar-refractivity contribution in [3.8, 4) is 0 Å². The molecule has 1 aliphatic carbocycles. The number of nitrogens with one attached hydrogen (secondary N) is 2. The van der Waals surface area contributed by atoms with Crippen molar-refractivity contribution in [1.82, 2.24) is 20.5 Å². The van der Waals surface area contributed by atoms with Gasteiger partial charge < -0.3 is 10.6 Å². The van der Waals surface area contributed by atoms with Crippen molar-refractivity contribution in [2.75, 3.05) is 38.2 Å². The lowest BCUT2D eigenvalue weighted by Gasteiger charge is -2.43. The maximum Gasteiger partial charge on any atom is 0.191 e. The first-order valence-electron chi connectivity index (χ1n) is 8.90. The fraction of sp³-hybridized carbons (Fsp3) is 0.765. The van der Waals surface area contributed by atoms with Gasteiger partial charge in [0, 0.05) is 54.8 Å². The van der Waals surface area contributed by atoms with Crippen molar-refractivity contribution in [1.29, 1.82) is 0 Å². The first kappa shape index (κ1) is 18.0. The highest BCUT2D eigenvalue weighted by atomic mass is 32.2. The van der Waals surface area contributed by atoms with E-state index in [1.54, 1.807) is 11.3 Å². The molecule has 1 aromatic heterocycles. The molecule has 24 heavy (non-hydrogen) atoms. The van der Waals surface area contributed by atoms with Gasteiger partial charge in [0.15, 0.2) is 5.96 Å². The van der Waals surface area contributed by atoms with Crippen LogP contribution in [0, 0.1) is 6.92 Å². The molecule has 0 spiro atoms. The van der Waals surface area contributed by atoms with E-state index in [4.69, 9.17) is 0 Å². The molecule has 0 bridgehead atoms. The lowest BCUT2D eigenvalue weighted by molar-refractivity contribution is 0.107. The standard InChI is InChI=1S/C17H29N5S2/c1-14-11-19-15(24-14)12-20-16(18-2)21-13-17(5-3-4-6-17)22-7-9-23-10-8-22/h11H,3-10,12-13H2,1-2H3,(H2,18,20,21). The van der Waals surface area contributed by atoms with Gasteiger partial charge in [-0.25, -0.2) is 4.98 Å². The molecular formula is C17H29N5S2. The van der Waals surface area contributed by atoms with Gasteiger partial charge in [0.2, 0.25) is 0 Å². The summed E-state index contributed by atoms with van der Waals surface area (Å²) in [5.41, 5.74) is 0.330. The second-order valence-electron chi connectivity index (χ2n) is 6.67. The van der Waals surface area contributed by atoms with Gasteiger partial charge in [0.05, 0.1) is 6.54 Å². The SMILES string of the molecule is CN=C(NCc1ncc(C)s1)NCC1(N2CCSCC2)CCCC1. The molecule has 2 fully saturated rings. The number of aromatic nitrogens is 1. The Balaban J connectivity index is 1.54. The fourth-order valence-corrected chi connectivity index (χ4v) is 5.42. The summed E-state index contributed by atoms with van der Waals surface area (Å²) in [6, 6.07) is 0. The van der Waals surface area contributed by atoms with Gasteiger partial charge in [-0.2, -0.15) is 11.8 Å². The summed E-state index contributed by atoms with van der Waals surface area (Å²) in [6.07, 6.45) is 7.27. The van der Waals surface area contributed by atoms with Gasteiger partial charge in [-0.15, -0.1) is 11.3 Å². The van der Waals surface area contributed by atoms with E-state index in [0.717, 1.165) is 24.1 Å². The smallest absolute Gasteiger partial charge is 0.191 e. The van der Waals surface area contributed by atoms with E-state index in [1.165, 1.54) is 55.2 Å². The maximum absolute atomic E-state index is 4.41. The van der Waals surface area contributed by atoms with E-state index in [1.807, 2.05) is 13.2 Å². The summed E-state index contributed by atoms with van der Waals surface area (Å²) in [5.74, 6) is 3.44. The van der Waals surface area contributed by atoms with Crippen molar-refractivity contribution < 1.29 is 0 Å². The lowest BCUT2D eigenvalue weighted by Crippen LogP contribution is -2.57. The number of hydrogen-bond donors (Lipinski definition) is 2. The molecule has 0 unspecified atom stereocenters. The fourth-order valence-electron chi connectivity index (χ4n) is 3.79. The third-order valence-electron chi connectivity index (χ3n) is 5.10. The van der Waals surface area contributed by atoms with Crippen LogP contribution in [0.15, 0.2) is 11.2 Å². The van der Waals surface area contributed by atoms with Crippen molar-refractivity contribution in [3.63, 3.8) is 0 Å². The molecule has 2 N–H and O–H groups in total. The first-order chi connectivity index (χ1) is 11.7. The highest BCUT2D eigenvalue weighted by molar-refractivity contribution is 7.99. The topological polar surface area (TPSA) is 52.6 Å². The Morgan fingerprint density at radius 2 is 2.04 bits per heavy atom. The summed E-state index contributed by atoms with van der Waals surface area (Å²) in [5, 5.41) is 8.11. The molecule has 5 nitrogen and oxygen atoms in total. The number of aryl methyl sites for hydroxylation is 1. The molecule has 0 radical (unpaired) electrons. The zero-order valence-corrected chi connectivity index (χ0v) is 16.4. The van der Waals surface area contributed by atoms with Crippen LogP contribution in [0.5, 0.6) is 0 Å². The Bertz CT molecular complexity index is 545. The largest absolute Gasteiger partial charge is 0.355 e.